The number of anilines is 1. The van der Waals surface area contributed by atoms with Crippen LogP contribution >= 0.6 is 22.6 Å². The highest BCUT2D eigenvalue weighted by molar-refractivity contribution is 14.1. The van der Waals surface area contributed by atoms with E-state index in [4.69, 9.17) is 0 Å². The van der Waals surface area contributed by atoms with Gasteiger partial charge >= 0.3 is 0 Å². The molecule has 0 fully saturated rings. The van der Waals surface area contributed by atoms with Gasteiger partial charge in [0.05, 0.1) is 5.56 Å². The van der Waals surface area contributed by atoms with Gasteiger partial charge in [0.25, 0.3) is 5.91 Å². The van der Waals surface area contributed by atoms with Crippen molar-refractivity contribution in [1.29, 1.82) is 0 Å². The average molecular weight is 392 g/mol. The molecule has 4 heteroatoms. The van der Waals surface area contributed by atoms with Crippen LogP contribution in [-0.2, 0) is 13.0 Å². The summed E-state index contributed by atoms with van der Waals surface area (Å²) in [4.78, 5) is 14.6. The van der Waals surface area contributed by atoms with Crippen molar-refractivity contribution >= 4 is 34.2 Å². The first-order valence-electron chi connectivity index (χ1n) is 7.00. The fourth-order valence-corrected chi connectivity index (χ4v) is 3.25. The molecule has 0 bridgehead atoms. The smallest absolute Gasteiger partial charge is 0.256 e. The fourth-order valence-electron chi connectivity index (χ4n) is 2.62. The molecule has 2 aromatic rings. The molecule has 2 aromatic carbocycles. The summed E-state index contributed by atoms with van der Waals surface area (Å²) >= 11 is 2.19. The van der Waals surface area contributed by atoms with E-state index in [1.807, 2.05) is 30.3 Å². The number of nitrogens with one attached hydrogen (secondary N) is 1. The zero-order chi connectivity index (χ0) is 14.8. The van der Waals surface area contributed by atoms with Crippen LogP contribution in [0, 0.1) is 3.57 Å². The molecule has 108 valence electrons. The van der Waals surface area contributed by atoms with Crippen LogP contribution in [0.3, 0.4) is 0 Å². The molecule has 1 heterocycles. The third kappa shape index (κ3) is 3.27. The van der Waals surface area contributed by atoms with Gasteiger partial charge in [-0.1, -0.05) is 18.2 Å². The van der Waals surface area contributed by atoms with Crippen molar-refractivity contribution in [3.63, 3.8) is 0 Å². The minimum absolute atomic E-state index is 0.0517. The lowest BCUT2D eigenvalue weighted by Gasteiger charge is -2.25. The molecule has 3 rings (SSSR count). The molecule has 0 unspecified atom stereocenters. The Morgan fingerprint density at radius 1 is 1.19 bits per heavy atom. The maximum absolute atomic E-state index is 12.3. The molecular formula is C17H17IN2O. The third-order valence-corrected chi connectivity index (χ3v) is 4.73. The number of amides is 1. The van der Waals surface area contributed by atoms with Gasteiger partial charge in [0, 0.05) is 22.3 Å². The van der Waals surface area contributed by atoms with Crippen molar-refractivity contribution in [3.05, 3.63) is 62.7 Å². The van der Waals surface area contributed by atoms with Crippen LogP contribution in [0.2, 0.25) is 0 Å². The number of likely N-dealkylation sites (N-methyl/N-ethyl adjacent to an activating group) is 1. The Morgan fingerprint density at radius 3 is 2.81 bits per heavy atom. The van der Waals surface area contributed by atoms with Crippen LogP contribution in [0.1, 0.15) is 21.5 Å². The number of benzene rings is 2. The summed E-state index contributed by atoms with van der Waals surface area (Å²) in [5.74, 6) is -0.0517. The van der Waals surface area contributed by atoms with Crippen LogP contribution in [0.15, 0.2) is 42.5 Å². The molecule has 0 saturated heterocycles. The Labute approximate surface area is 138 Å². The monoisotopic (exact) mass is 392 g/mol. The SMILES string of the molecule is CN1CCc2ccc(NC(=O)c3ccccc3I)cc2C1. The number of carbonyl (C=O) groups excluding carboxylic acids is 1. The molecular weight excluding hydrogens is 375 g/mol. The topological polar surface area (TPSA) is 32.3 Å². The second-order valence-corrected chi connectivity index (χ2v) is 6.57. The molecule has 1 aliphatic heterocycles. The summed E-state index contributed by atoms with van der Waals surface area (Å²) < 4.78 is 0.963. The molecule has 0 atom stereocenters. The zero-order valence-electron chi connectivity index (χ0n) is 11.9. The van der Waals surface area contributed by atoms with E-state index in [9.17, 15) is 4.79 Å². The third-order valence-electron chi connectivity index (χ3n) is 3.79. The zero-order valence-corrected chi connectivity index (χ0v) is 14.1. The van der Waals surface area contributed by atoms with Crippen LogP contribution in [0.4, 0.5) is 5.69 Å². The Kier molecular flexibility index (Phi) is 4.26. The van der Waals surface area contributed by atoms with Gasteiger partial charge < -0.3 is 10.2 Å². The lowest BCUT2D eigenvalue weighted by Crippen LogP contribution is -2.26. The first kappa shape index (κ1) is 14.5. The summed E-state index contributed by atoms with van der Waals surface area (Å²) in [7, 11) is 2.13. The van der Waals surface area contributed by atoms with Gasteiger partial charge in [-0.15, -0.1) is 0 Å². The molecule has 0 radical (unpaired) electrons. The van der Waals surface area contributed by atoms with E-state index in [2.05, 4.69) is 52.0 Å². The molecule has 21 heavy (non-hydrogen) atoms. The Bertz CT molecular complexity index is 684. The molecule has 3 nitrogen and oxygen atoms in total. The van der Waals surface area contributed by atoms with Gasteiger partial charge in [-0.05, 0) is 71.5 Å². The van der Waals surface area contributed by atoms with Crippen LogP contribution in [0.25, 0.3) is 0 Å². The maximum Gasteiger partial charge on any atom is 0.256 e. The highest BCUT2D eigenvalue weighted by Gasteiger charge is 2.15. The predicted octanol–water partition coefficient (Wildman–Crippen LogP) is 3.53. The van der Waals surface area contributed by atoms with Gasteiger partial charge in [-0.25, -0.2) is 0 Å². The highest BCUT2D eigenvalue weighted by Crippen LogP contribution is 2.22. The summed E-state index contributed by atoms with van der Waals surface area (Å²) in [5.41, 5.74) is 4.28. The Morgan fingerprint density at radius 2 is 2.00 bits per heavy atom. The Balaban J connectivity index is 1.81. The molecule has 1 amide bonds. The molecule has 0 aliphatic carbocycles. The Hall–Kier alpha value is -1.40. The summed E-state index contributed by atoms with van der Waals surface area (Å²) in [6, 6.07) is 13.8. The van der Waals surface area contributed by atoms with Crippen molar-refractivity contribution in [3.8, 4) is 0 Å². The second-order valence-electron chi connectivity index (χ2n) is 5.41. The largest absolute Gasteiger partial charge is 0.322 e. The van der Waals surface area contributed by atoms with Crippen LogP contribution in [0.5, 0.6) is 0 Å². The first-order valence-corrected chi connectivity index (χ1v) is 8.07. The quantitative estimate of drug-likeness (QED) is 0.794. The van der Waals surface area contributed by atoms with Crippen molar-refractivity contribution in [2.24, 2.45) is 0 Å². The van der Waals surface area contributed by atoms with Gasteiger partial charge in [0.15, 0.2) is 0 Å². The normalized spacial score (nSPS) is 14.6. The van der Waals surface area contributed by atoms with Crippen molar-refractivity contribution in [2.45, 2.75) is 13.0 Å². The molecule has 0 aromatic heterocycles. The number of fused-ring (bicyclic) bond motifs is 1. The number of halogens is 1. The number of hydrogen-bond acceptors (Lipinski definition) is 2. The number of carbonyl (C=O) groups is 1. The number of rotatable bonds is 2. The van der Waals surface area contributed by atoms with E-state index in [0.717, 1.165) is 28.8 Å². The number of nitrogens with zero attached hydrogens (tertiary/aromatic N) is 1. The standard InChI is InChI=1S/C17H17IN2O/c1-20-9-8-12-6-7-14(10-13(12)11-20)19-17(21)15-4-2-3-5-16(15)18/h2-7,10H,8-9,11H2,1H3,(H,19,21). The van der Waals surface area contributed by atoms with Crippen LogP contribution in [-0.4, -0.2) is 24.4 Å². The van der Waals surface area contributed by atoms with E-state index in [1.165, 1.54) is 11.1 Å². The summed E-state index contributed by atoms with van der Waals surface area (Å²) in [5, 5.41) is 3.00. The van der Waals surface area contributed by atoms with Gasteiger partial charge in [0.1, 0.15) is 0 Å². The van der Waals surface area contributed by atoms with Gasteiger partial charge in [0.2, 0.25) is 0 Å². The van der Waals surface area contributed by atoms with Crippen LogP contribution < -0.4 is 5.32 Å². The minimum atomic E-state index is -0.0517. The predicted molar refractivity (Wildman–Crippen MR) is 93.6 cm³/mol. The highest BCUT2D eigenvalue weighted by atomic mass is 127. The van der Waals surface area contributed by atoms with Crippen molar-refractivity contribution < 1.29 is 4.79 Å². The fraction of sp³-hybridized carbons (Fsp3) is 0.235. The van der Waals surface area contributed by atoms with E-state index in [0.29, 0.717) is 5.56 Å². The molecule has 1 N–H and O–H groups in total. The molecule has 0 saturated carbocycles. The van der Waals surface area contributed by atoms with Crippen molar-refractivity contribution in [2.75, 3.05) is 18.9 Å². The first-order chi connectivity index (χ1) is 10.1. The van der Waals surface area contributed by atoms with E-state index >= 15 is 0 Å². The lowest BCUT2D eigenvalue weighted by molar-refractivity contribution is 0.102. The van der Waals surface area contributed by atoms with Gasteiger partial charge in [-0.2, -0.15) is 0 Å². The minimum Gasteiger partial charge on any atom is -0.322 e. The van der Waals surface area contributed by atoms with Crippen molar-refractivity contribution in [1.82, 2.24) is 4.90 Å². The van der Waals surface area contributed by atoms with Gasteiger partial charge in [-0.3, -0.25) is 4.79 Å². The average Bonchev–Trinajstić information content (AvgIpc) is 2.47. The molecule has 1 aliphatic rings. The maximum atomic E-state index is 12.3. The van der Waals surface area contributed by atoms with E-state index in [-0.39, 0.29) is 5.91 Å². The van der Waals surface area contributed by atoms with E-state index in [1.54, 1.807) is 0 Å². The lowest BCUT2D eigenvalue weighted by atomic mass is 9.99. The van der Waals surface area contributed by atoms with E-state index < -0.39 is 0 Å². The summed E-state index contributed by atoms with van der Waals surface area (Å²) in [6.45, 7) is 2.04. The summed E-state index contributed by atoms with van der Waals surface area (Å²) in [6.07, 6.45) is 1.08. The number of hydrogen-bond donors (Lipinski definition) is 1. The second kappa shape index (κ2) is 6.15. The molecule has 0 spiro atoms.